The minimum atomic E-state index is -0.0129. The van der Waals surface area contributed by atoms with Crippen LogP contribution in [-0.2, 0) is 16.0 Å². The van der Waals surface area contributed by atoms with Gasteiger partial charge >= 0.3 is 0 Å². The molecule has 0 spiro atoms. The molecule has 1 heterocycles. The van der Waals surface area contributed by atoms with Gasteiger partial charge in [-0.2, -0.15) is 0 Å². The Morgan fingerprint density at radius 1 is 1.16 bits per heavy atom. The van der Waals surface area contributed by atoms with E-state index in [1.807, 2.05) is 18.2 Å². The molecule has 0 saturated carbocycles. The number of aryl methyl sites for hydroxylation is 1. The molecule has 7 heteroatoms. The third kappa shape index (κ3) is 7.50. The van der Waals surface area contributed by atoms with E-state index in [1.54, 1.807) is 19.0 Å². The molecule has 0 bridgehead atoms. The van der Waals surface area contributed by atoms with Crippen molar-refractivity contribution >= 4 is 35.8 Å². The van der Waals surface area contributed by atoms with Crippen molar-refractivity contribution in [1.29, 1.82) is 0 Å². The quantitative estimate of drug-likeness (QED) is 0.350. The molecule has 168 valence electrons. The van der Waals surface area contributed by atoms with E-state index < -0.39 is 0 Å². The van der Waals surface area contributed by atoms with E-state index in [2.05, 4.69) is 58.5 Å². The van der Waals surface area contributed by atoms with E-state index >= 15 is 0 Å². The molecule has 1 N–H and O–H groups in total. The monoisotopic (exact) mass is 536 g/mol. The van der Waals surface area contributed by atoms with Crippen molar-refractivity contribution in [3.63, 3.8) is 0 Å². The highest BCUT2D eigenvalue weighted by Crippen LogP contribution is 2.25. The molecule has 31 heavy (non-hydrogen) atoms. The maximum atomic E-state index is 12.1. The van der Waals surface area contributed by atoms with Gasteiger partial charge in [0, 0.05) is 27.2 Å². The molecule has 1 fully saturated rings. The molecule has 1 aliphatic rings. The fourth-order valence-corrected chi connectivity index (χ4v) is 3.49. The SMILES string of the molecule is Cc1ccccc1C1CN(C(=NCC(=O)N(C)C)NCCc2ccccc2)CCO1.I. The fourth-order valence-electron chi connectivity index (χ4n) is 3.49. The van der Waals surface area contributed by atoms with Crippen LogP contribution in [0.2, 0.25) is 0 Å². The van der Waals surface area contributed by atoms with Gasteiger partial charge in [-0.25, -0.2) is 4.99 Å². The van der Waals surface area contributed by atoms with Crippen molar-refractivity contribution in [3.8, 4) is 0 Å². The number of halogens is 1. The first-order valence-electron chi connectivity index (χ1n) is 10.5. The Bertz CT molecular complexity index is 858. The van der Waals surface area contributed by atoms with Crippen molar-refractivity contribution in [3.05, 3.63) is 71.3 Å². The Kier molecular flexibility index (Phi) is 10.3. The van der Waals surface area contributed by atoms with Gasteiger partial charge < -0.3 is 19.9 Å². The number of carbonyl (C=O) groups is 1. The number of nitrogens with zero attached hydrogens (tertiary/aromatic N) is 3. The lowest BCUT2D eigenvalue weighted by Crippen LogP contribution is -2.49. The summed E-state index contributed by atoms with van der Waals surface area (Å²) in [5, 5.41) is 3.47. The van der Waals surface area contributed by atoms with Gasteiger partial charge in [0.1, 0.15) is 12.6 Å². The summed E-state index contributed by atoms with van der Waals surface area (Å²) >= 11 is 0. The van der Waals surface area contributed by atoms with Crippen LogP contribution in [0.5, 0.6) is 0 Å². The third-order valence-electron chi connectivity index (χ3n) is 5.30. The molecule has 1 aliphatic heterocycles. The summed E-state index contributed by atoms with van der Waals surface area (Å²) in [6.45, 7) is 5.08. The highest BCUT2D eigenvalue weighted by atomic mass is 127. The Hall–Kier alpha value is -2.13. The number of carbonyl (C=O) groups excluding carboxylic acids is 1. The molecule has 0 aromatic heterocycles. The van der Waals surface area contributed by atoms with Crippen molar-refractivity contribution in [2.75, 3.05) is 46.9 Å². The van der Waals surface area contributed by atoms with Gasteiger partial charge in [-0.05, 0) is 30.0 Å². The van der Waals surface area contributed by atoms with Gasteiger partial charge in [0.15, 0.2) is 5.96 Å². The summed E-state index contributed by atoms with van der Waals surface area (Å²) in [6.07, 6.45) is 0.887. The molecule has 1 saturated heterocycles. The zero-order valence-electron chi connectivity index (χ0n) is 18.6. The number of guanidine groups is 1. The van der Waals surface area contributed by atoms with Gasteiger partial charge in [0.25, 0.3) is 0 Å². The zero-order chi connectivity index (χ0) is 21.3. The minimum absolute atomic E-state index is 0. The molecule has 2 aromatic rings. The molecule has 6 nitrogen and oxygen atoms in total. The van der Waals surface area contributed by atoms with Gasteiger partial charge in [-0.15, -0.1) is 24.0 Å². The van der Waals surface area contributed by atoms with Crippen molar-refractivity contribution in [2.45, 2.75) is 19.4 Å². The molecule has 1 atom stereocenters. The van der Waals surface area contributed by atoms with E-state index in [0.29, 0.717) is 13.2 Å². The largest absolute Gasteiger partial charge is 0.370 e. The Labute approximate surface area is 202 Å². The van der Waals surface area contributed by atoms with Gasteiger partial charge in [0.2, 0.25) is 5.91 Å². The van der Waals surface area contributed by atoms with Crippen molar-refractivity contribution in [2.24, 2.45) is 4.99 Å². The second-order valence-corrected chi connectivity index (χ2v) is 7.75. The average molecular weight is 536 g/mol. The van der Waals surface area contributed by atoms with Gasteiger partial charge in [-0.1, -0.05) is 54.6 Å². The predicted octanol–water partition coefficient (Wildman–Crippen LogP) is 3.26. The number of morpholine rings is 1. The third-order valence-corrected chi connectivity index (χ3v) is 5.30. The van der Waals surface area contributed by atoms with E-state index in [-0.39, 0.29) is 42.5 Å². The second-order valence-electron chi connectivity index (χ2n) is 7.75. The second kappa shape index (κ2) is 12.7. The van der Waals surface area contributed by atoms with Crippen LogP contribution >= 0.6 is 24.0 Å². The zero-order valence-corrected chi connectivity index (χ0v) is 20.9. The number of amides is 1. The van der Waals surface area contributed by atoms with Crippen LogP contribution in [0.3, 0.4) is 0 Å². The fraction of sp³-hybridized carbons (Fsp3) is 0.417. The molecular formula is C24H33IN4O2. The highest BCUT2D eigenvalue weighted by Gasteiger charge is 2.25. The number of likely N-dealkylation sites (N-methyl/N-ethyl adjacent to an activating group) is 1. The van der Waals surface area contributed by atoms with Crippen LogP contribution in [0.25, 0.3) is 0 Å². The maximum absolute atomic E-state index is 12.1. The molecule has 0 aliphatic carbocycles. The van der Waals surface area contributed by atoms with E-state index in [4.69, 9.17) is 4.74 Å². The summed E-state index contributed by atoms with van der Waals surface area (Å²) in [7, 11) is 3.51. The highest BCUT2D eigenvalue weighted by molar-refractivity contribution is 14.0. The molecule has 0 radical (unpaired) electrons. The summed E-state index contributed by atoms with van der Waals surface area (Å²) in [6, 6.07) is 18.7. The van der Waals surface area contributed by atoms with Crippen LogP contribution in [0, 0.1) is 6.92 Å². The molecule has 3 rings (SSSR count). The van der Waals surface area contributed by atoms with E-state index in [1.165, 1.54) is 16.7 Å². The lowest BCUT2D eigenvalue weighted by atomic mass is 10.0. The number of ether oxygens (including phenoxy) is 1. The van der Waals surface area contributed by atoms with Crippen molar-refractivity contribution < 1.29 is 9.53 Å². The Balaban J connectivity index is 0.00000341. The smallest absolute Gasteiger partial charge is 0.243 e. The van der Waals surface area contributed by atoms with Crippen LogP contribution in [-0.4, -0.2) is 68.5 Å². The minimum Gasteiger partial charge on any atom is -0.370 e. The number of aliphatic imine (C=N–C) groups is 1. The average Bonchev–Trinajstić information content (AvgIpc) is 2.77. The summed E-state index contributed by atoms with van der Waals surface area (Å²) in [5.74, 6) is 0.754. The molecule has 2 aromatic carbocycles. The van der Waals surface area contributed by atoms with Crippen LogP contribution in [0.15, 0.2) is 59.6 Å². The van der Waals surface area contributed by atoms with Crippen LogP contribution < -0.4 is 5.32 Å². The predicted molar refractivity (Wildman–Crippen MR) is 136 cm³/mol. The topological polar surface area (TPSA) is 57.2 Å². The first-order valence-corrected chi connectivity index (χ1v) is 10.5. The maximum Gasteiger partial charge on any atom is 0.243 e. The first kappa shape index (κ1) is 25.1. The lowest BCUT2D eigenvalue weighted by molar-refractivity contribution is -0.127. The standard InChI is InChI=1S/C24H32N4O2.HI/c1-19-9-7-8-12-21(19)22-18-28(15-16-30-22)24(26-17-23(29)27(2)3)25-14-13-20-10-5-4-6-11-20;/h4-12,22H,13-18H2,1-3H3,(H,25,26);1H. The van der Waals surface area contributed by atoms with Crippen molar-refractivity contribution in [1.82, 2.24) is 15.1 Å². The number of hydrogen-bond donors (Lipinski definition) is 1. The van der Waals surface area contributed by atoms with Crippen LogP contribution in [0.4, 0.5) is 0 Å². The molecular weight excluding hydrogens is 503 g/mol. The Morgan fingerprint density at radius 3 is 2.58 bits per heavy atom. The summed E-state index contributed by atoms with van der Waals surface area (Å²) in [5.41, 5.74) is 3.70. The molecule has 1 amide bonds. The number of nitrogens with one attached hydrogen (secondary N) is 1. The summed E-state index contributed by atoms with van der Waals surface area (Å²) < 4.78 is 6.06. The summed E-state index contributed by atoms with van der Waals surface area (Å²) in [4.78, 5) is 20.5. The van der Waals surface area contributed by atoms with Gasteiger partial charge in [-0.3, -0.25) is 4.79 Å². The van der Waals surface area contributed by atoms with E-state index in [0.717, 1.165) is 25.5 Å². The van der Waals surface area contributed by atoms with E-state index in [9.17, 15) is 4.79 Å². The Morgan fingerprint density at radius 2 is 1.87 bits per heavy atom. The normalized spacial score (nSPS) is 16.4. The number of rotatable bonds is 6. The van der Waals surface area contributed by atoms with Crippen LogP contribution in [0.1, 0.15) is 22.8 Å². The lowest BCUT2D eigenvalue weighted by Gasteiger charge is -2.36. The first-order chi connectivity index (χ1) is 14.5. The number of hydrogen-bond acceptors (Lipinski definition) is 3. The number of benzene rings is 2. The van der Waals surface area contributed by atoms with Gasteiger partial charge in [0.05, 0.1) is 13.2 Å². The molecule has 1 unspecified atom stereocenters.